The lowest BCUT2D eigenvalue weighted by Gasteiger charge is -2.19. The SMILES string of the molecule is c1cc2c(c(OCCc3ccc4ccccc4c3)c1)COOC2. The first kappa shape index (κ1) is 14.2. The van der Waals surface area contributed by atoms with Gasteiger partial charge in [-0.15, -0.1) is 0 Å². The summed E-state index contributed by atoms with van der Waals surface area (Å²) in [4.78, 5) is 10.1. The predicted octanol–water partition coefficient (Wildman–Crippen LogP) is 4.42. The standard InChI is InChI=1S/C20H18O3/c1-2-5-17-12-15(8-9-16(17)4-1)10-11-21-20-7-3-6-18-13-22-23-14-19(18)20/h1-9,12H,10-11,13-14H2. The molecule has 0 fully saturated rings. The maximum absolute atomic E-state index is 5.98. The van der Waals surface area contributed by atoms with Gasteiger partial charge in [-0.25, -0.2) is 9.78 Å². The number of rotatable bonds is 4. The molecule has 1 heterocycles. The minimum absolute atomic E-state index is 0.446. The molecule has 0 N–H and O–H groups in total. The van der Waals surface area contributed by atoms with E-state index in [9.17, 15) is 0 Å². The Labute approximate surface area is 135 Å². The Hall–Kier alpha value is -2.36. The van der Waals surface area contributed by atoms with Crippen LogP contribution in [0.4, 0.5) is 0 Å². The van der Waals surface area contributed by atoms with Crippen LogP contribution in [0.2, 0.25) is 0 Å². The molecule has 3 nitrogen and oxygen atoms in total. The van der Waals surface area contributed by atoms with Gasteiger partial charge in [-0.3, -0.25) is 0 Å². The van der Waals surface area contributed by atoms with Gasteiger partial charge in [-0.1, -0.05) is 54.6 Å². The molecule has 0 spiro atoms. The second-order valence-electron chi connectivity index (χ2n) is 5.70. The zero-order valence-corrected chi connectivity index (χ0v) is 12.8. The Morgan fingerprint density at radius 2 is 1.70 bits per heavy atom. The van der Waals surface area contributed by atoms with Gasteiger partial charge in [0, 0.05) is 12.0 Å². The largest absolute Gasteiger partial charge is 0.493 e. The lowest BCUT2D eigenvalue weighted by Crippen LogP contribution is -2.11. The van der Waals surface area contributed by atoms with E-state index in [4.69, 9.17) is 14.5 Å². The third-order valence-electron chi connectivity index (χ3n) is 4.19. The van der Waals surface area contributed by atoms with Gasteiger partial charge >= 0.3 is 0 Å². The summed E-state index contributed by atoms with van der Waals surface area (Å²) in [6.07, 6.45) is 0.881. The van der Waals surface area contributed by atoms with E-state index in [1.807, 2.05) is 18.2 Å². The molecule has 0 atom stereocenters. The average molecular weight is 306 g/mol. The summed E-state index contributed by atoms with van der Waals surface area (Å²) in [5, 5.41) is 2.54. The Kier molecular flexibility index (Phi) is 3.97. The summed E-state index contributed by atoms with van der Waals surface area (Å²) in [6, 6.07) is 21.0. The van der Waals surface area contributed by atoms with Crippen molar-refractivity contribution in [1.29, 1.82) is 0 Å². The van der Waals surface area contributed by atoms with Crippen LogP contribution < -0.4 is 4.74 Å². The number of ether oxygens (including phenoxy) is 1. The van der Waals surface area contributed by atoms with Gasteiger partial charge in [0.05, 0.1) is 6.61 Å². The second-order valence-corrected chi connectivity index (χ2v) is 5.70. The van der Waals surface area contributed by atoms with Crippen molar-refractivity contribution in [3.05, 3.63) is 77.4 Å². The number of fused-ring (bicyclic) bond motifs is 2. The summed E-state index contributed by atoms with van der Waals surface area (Å²) < 4.78 is 5.98. The van der Waals surface area contributed by atoms with E-state index >= 15 is 0 Å². The molecule has 3 heteroatoms. The molecule has 0 radical (unpaired) electrons. The fraction of sp³-hybridized carbons (Fsp3) is 0.200. The first-order chi connectivity index (χ1) is 11.4. The molecule has 0 saturated heterocycles. The van der Waals surface area contributed by atoms with Crippen LogP contribution in [-0.2, 0) is 29.4 Å². The van der Waals surface area contributed by atoms with Gasteiger partial charge in [0.15, 0.2) is 0 Å². The monoisotopic (exact) mass is 306 g/mol. The molecular formula is C20H18O3. The second kappa shape index (κ2) is 6.41. The zero-order valence-electron chi connectivity index (χ0n) is 12.8. The van der Waals surface area contributed by atoms with E-state index < -0.39 is 0 Å². The van der Waals surface area contributed by atoms with Gasteiger partial charge in [-0.2, -0.15) is 0 Å². The van der Waals surface area contributed by atoms with E-state index in [-0.39, 0.29) is 0 Å². The number of hydrogen-bond donors (Lipinski definition) is 0. The highest BCUT2D eigenvalue weighted by atomic mass is 17.2. The molecule has 0 amide bonds. The first-order valence-electron chi connectivity index (χ1n) is 7.86. The summed E-state index contributed by atoms with van der Waals surface area (Å²) in [5.74, 6) is 0.895. The number of hydrogen-bond acceptors (Lipinski definition) is 3. The van der Waals surface area contributed by atoms with E-state index in [1.54, 1.807) is 0 Å². The van der Waals surface area contributed by atoms with E-state index in [0.717, 1.165) is 23.3 Å². The maximum atomic E-state index is 5.98. The van der Waals surface area contributed by atoms with Crippen LogP contribution in [0.1, 0.15) is 16.7 Å². The van der Waals surface area contributed by atoms with Crippen LogP contribution in [0, 0.1) is 0 Å². The van der Waals surface area contributed by atoms with Gasteiger partial charge < -0.3 is 4.74 Å². The van der Waals surface area contributed by atoms with Gasteiger partial charge in [-0.05, 0) is 28.0 Å². The van der Waals surface area contributed by atoms with Crippen molar-refractivity contribution >= 4 is 10.8 Å². The van der Waals surface area contributed by atoms with E-state index in [0.29, 0.717) is 19.8 Å². The third-order valence-corrected chi connectivity index (χ3v) is 4.19. The van der Waals surface area contributed by atoms with Crippen molar-refractivity contribution in [3.63, 3.8) is 0 Å². The molecule has 0 aromatic heterocycles. The maximum Gasteiger partial charge on any atom is 0.125 e. The topological polar surface area (TPSA) is 27.7 Å². The van der Waals surface area contributed by atoms with Crippen molar-refractivity contribution in [2.24, 2.45) is 0 Å². The zero-order chi connectivity index (χ0) is 15.5. The van der Waals surface area contributed by atoms with Crippen LogP contribution >= 0.6 is 0 Å². The summed E-state index contributed by atoms with van der Waals surface area (Å²) in [6.45, 7) is 1.58. The highest BCUT2D eigenvalue weighted by Crippen LogP contribution is 2.27. The molecular weight excluding hydrogens is 288 g/mol. The molecule has 0 aliphatic carbocycles. The Morgan fingerprint density at radius 3 is 2.65 bits per heavy atom. The van der Waals surface area contributed by atoms with Crippen molar-refractivity contribution < 1.29 is 14.5 Å². The Balaban J connectivity index is 1.45. The fourth-order valence-electron chi connectivity index (χ4n) is 2.92. The van der Waals surface area contributed by atoms with Gasteiger partial charge in [0.2, 0.25) is 0 Å². The van der Waals surface area contributed by atoms with E-state index in [1.165, 1.54) is 16.3 Å². The van der Waals surface area contributed by atoms with Crippen molar-refractivity contribution in [1.82, 2.24) is 0 Å². The predicted molar refractivity (Wildman–Crippen MR) is 89.2 cm³/mol. The normalized spacial score (nSPS) is 13.7. The highest BCUT2D eigenvalue weighted by Gasteiger charge is 2.15. The summed E-state index contributed by atoms with van der Waals surface area (Å²) in [7, 11) is 0. The van der Waals surface area contributed by atoms with Gasteiger partial charge in [0.25, 0.3) is 0 Å². The lowest BCUT2D eigenvalue weighted by atomic mass is 10.1. The molecule has 3 aromatic carbocycles. The molecule has 116 valence electrons. The third kappa shape index (κ3) is 3.07. The van der Waals surface area contributed by atoms with Crippen molar-refractivity contribution in [3.8, 4) is 5.75 Å². The molecule has 1 aliphatic heterocycles. The molecule has 4 rings (SSSR count). The molecule has 3 aromatic rings. The van der Waals surface area contributed by atoms with Crippen LogP contribution in [0.15, 0.2) is 60.7 Å². The summed E-state index contributed by atoms with van der Waals surface area (Å²) in [5.41, 5.74) is 3.52. The van der Waals surface area contributed by atoms with Crippen LogP contribution in [0.25, 0.3) is 10.8 Å². The summed E-state index contributed by atoms with van der Waals surface area (Å²) >= 11 is 0. The molecule has 0 bridgehead atoms. The molecule has 0 unspecified atom stereocenters. The van der Waals surface area contributed by atoms with Crippen LogP contribution in [0.3, 0.4) is 0 Å². The van der Waals surface area contributed by atoms with E-state index in [2.05, 4.69) is 42.5 Å². The molecule has 1 aliphatic rings. The highest BCUT2D eigenvalue weighted by molar-refractivity contribution is 5.82. The number of benzene rings is 3. The van der Waals surface area contributed by atoms with Crippen molar-refractivity contribution in [2.45, 2.75) is 19.6 Å². The minimum atomic E-state index is 0.446. The van der Waals surface area contributed by atoms with Gasteiger partial charge in [0.1, 0.15) is 19.0 Å². The lowest BCUT2D eigenvalue weighted by molar-refractivity contribution is -0.322. The Bertz CT molecular complexity index is 826. The molecule has 0 saturated carbocycles. The first-order valence-corrected chi connectivity index (χ1v) is 7.86. The smallest absolute Gasteiger partial charge is 0.125 e. The van der Waals surface area contributed by atoms with Crippen LogP contribution in [-0.4, -0.2) is 6.61 Å². The quantitative estimate of drug-likeness (QED) is 0.668. The average Bonchev–Trinajstić information content (AvgIpc) is 2.62. The molecule has 23 heavy (non-hydrogen) atoms. The van der Waals surface area contributed by atoms with Crippen molar-refractivity contribution in [2.75, 3.05) is 6.61 Å². The Morgan fingerprint density at radius 1 is 0.826 bits per heavy atom. The fourth-order valence-corrected chi connectivity index (χ4v) is 2.92. The minimum Gasteiger partial charge on any atom is -0.493 e. The van der Waals surface area contributed by atoms with Crippen LogP contribution in [0.5, 0.6) is 5.75 Å².